The SMILES string of the molecule is C=CCC1(C)c2ccc(C)cc2C2C=C(C)C=CC1N2. The van der Waals surface area contributed by atoms with Gasteiger partial charge in [-0.25, -0.2) is 0 Å². The summed E-state index contributed by atoms with van der Waals surface area (Å²) in [7, 11) is 0. The fourth-order valence-electron chi connectivity index (χ4n) is 3.60. The Kier molecular flexibility index (Phi) is 3.18. The third kappa shape index (κ3) is 1.97. The van der Waals surface area contributed by atoms with Crippen LogP contribution in [-0.4, -0.2) is 6.04 Å². The van der Waals surface area contributed by atoms with Gasteiger partial charge < -0.3 is 0 Å². The first-order valence-corrected chi connectivity index (χ1v) is 7.39. The molecule has 2 aliphatic heterocycles. The van der Waals surface area contributed by atoms with Gasteiger partial charge in [0.2, 0.25) is 0 Å². The highest BCUT2D eigenvalue weighted by atomic mass is 15.0. The minimum Gasteiger partial charge on any atom is -0.299 e. The third-order valence-corrected chi connectivity index (χ3v) is 4.75. The summed E-state index contributed by atoms with van der Waals surface area (Å²) in [5, 5.41) is 3.79. The van der Waals surface area contributed by atoms with Crippen molar-refractivity contribution in [2.75, 3.05) is 0 Å². The molecule has 0 saturated carbocycles. The van der Waals surface area contributed by atoms with E-state index >= 15 is 0 Å². The molecule has 0 amide bonds. The highest BCUT2D eigenvalue weighted by molar-refractivity contribution is 5.48. The molecule has 0 radical (unpaired) electrons. The smallest absolute Gasteiger partial charge is 0.0519 e. The molecule has 0 aromatic heterocycles. The van der Waals surface area contributed by atoms with Gasteiger partial charge in [-0.2, -0.15) is 0 Å². The molecule has 104 valence electrons. The van der Waals surface area contributed by atoms with Crippen LogP contribution in [0.4, 0.5) is 0 Å². The Balaban J connectivity index is 2.23. The molecule has 3 atom stereocenters. The van der Waals surface area contributed by atoms with E-state index in [1.165, 1.54) is 22.3 Å². The molecule has 1 aromatic carbocycles. The predicted octanol–water partition coefficient (Wildman–Crippen LogP) is 4.36. The van der Waals surface area contributed by atoms with Gasteiger partial charge in [-0.1, -0.05) is 60.6 Å². The Hall–Kier alpha value is -1.60. The predicted molar refractivity (Wildman–Crippen MR) is 85.9 cm³/mol. The maximum Gasteiger partial charge on any atom is 0.0519 e. The third-order valence-electron chi connectivity index (χ3n) is 4.75. The summed E-state index contributed by atoms with van der Waals surface area (Å²) in [6.07, 6.45) is 9.93. The van der Waals surface area contributed by atoms with Crippen LogP contribution < -0.4 is 5.32 Å². The number of fused-ring (bicyclic) bond motifs is 4. The van der Waals surface area contributed by atoms with E-state index in [0.717, 1.165) is 6.42 Å². The number of hydrogen-bond acceptors (Lipinski definition) is 1. The van der Waals surface area contributed by atoms with E-state index in [2.05, 4.69) is 69.1 Å². The van der Waals surface area contributed by atoms with Crippen molar-refractivity contribution in [3.05, 3.63) is 71.3 Å². The molecule has 1 heteroatoms. The Morgan fingerprint density at radius 3 is 2.90 bits per heavy atom. The van der Waals surface area contributed by atoms with Crippen LogP contribution >= 0.6 is 0 Å². The van der Waals surface area contributed by atoms with Gasteiger partial charge >= 0.3 is 0 Å². The average molecular weight is 265 g/mol. The highest BCUT2D eigenvalue weighted by Crippen LogP contribution is 2.43. The quantitative estimate of drug-likeness (QED) is 0.784. The van der Waals surface area contributed by atoms with E-state index in [4.69, 9.17) is 0 Å². The second kappa shape index (κ2) is 4.75. The normalized spacial score (nSPS) is 31.2. The molecule has 2 bridgehead atoms. The zero-order valence-corrected chi connectivity index (χ0v) is 12.6. The van der Waals surface area contributed by atoms with Crippen molar-refractivity contribution in [1.82, 2.24) is 5.32 Å². The fourth-order valence-corrected chi connectivity index (χ4v) is 3.60. The maximum atomic E-state index is 3.97. The summed E-state index contributed by atoms with van der Waals surface area (Å²) in [4.78, 5) is 0. The van der Waals surface area contributed by atoms with Crippen molar-refractivity contribution >= 4 is 0 Å². The number of rotatable bonds is 2. The van der Waals surface area contributed by atoms with Gasteiger partial charge in [-0.15, -0.1) is 6.58 Å². The van der Waals surface area contributed by atoms with Gasteiger partial charge in [0.05, 0.1) is 6.04 Å². The molecule has 0 aliphatic carbocycles. The van der Waals surface area contributed by atoms with Crippen molar-refractivity contribution in [2.45, 2.75) is 44.7 Å². The zero-order valence-electron chi connectivity index (χ0n) is 12.6. The molecule has 3 rings (SSSR count). The molecule has 20 heavy (non-hydrogen) atoms. The highest BCUT2D eigenvalue weighted by Gasteiger charge is 2.41. The molecule has 2 heterocycles. The lowest BCUT2D eigenvalue weighted by atomic mass is 9.68. The van der Waals surface area contributed by atoms with Crippen LogP contribution in [0.2, 0.25) is 0 Å². The minimum atomic E-state index is 0.0796. The summed E-state index contributed by atoms with van der Waals surface area (Å²) >= 11 is 0. The first-order valence-electron chi connectivity index (χ1n) is 7.39. The van der Waals surface area contributed by atoms with Crippen LogP contribution in [-0.2, 0) is 5.41 Å². The molecule has 3 unspecified atom stereocenters. The summed E-state index contributed by atoms with van der Waals surface area (Å²) in [6, 6.07) is 7.56. The molecule has 1 N–H and O–H groups in total. The van der Waals surface area contributed by atoms with E-state index in [9.17, 15) is 0 Å². The molecular weight excluding hydrogens is 242 g/mol. The number of nitrogens with one attached hydrogen (secondary N) is 1. The lowest BCUT2D eigenvalue weighted by Gasteiger charge is -2.44. The van der Waals surface area contributed by atoms with Gasteiger partial charge in [0.1, 0.15) is 0 Å². The van der Waals surface area contributed by atoms with Crippen molar-refractivity contribution in [3.8, 4) is 0 Å². The first-order chi connectivity index (χ1) is 9.54. The average Bonchev–Trinajstić information content (AvgIpc) is 2.58. The van der Waals surface area contributed by atoms with Crippen molar-refractivity contribution in [2.24, 2.45) is 0 Å². The molecular formula is C19H23N. The molecule has 0 saturated heterocycles. The molecule has 1 aromatic rings. The molecule has 1 nitrogen and oxygen atoms in total. The van der Waals surface area contributed by atoms with Crippen molar-refractivity contribution < 1.29 is 0 Å². The molecule has 2 aliphatic rings. The van der Waals surface area contributed by atoms with E-state index in [1.54, 1.807) is 0 Å². The molecule has 0 fully saturated rings. The zero-order chi connectivity index (χ0) is 14.3. The molecule has 0 spiro atoms. The van der Waals surface area contributed by atoms with Gasteiger partial charge in [0.15, 0.2) is 0 Å². The number of benzene rings is 1. The number of hydrogen-bond donors (Lipinski definition) is 1. The standard InChI is InChI=1S/C19H23N/c1-5-10-19(4)16-8-6-13(2)11-15(16)17-12-14(3)7-9-18(19)20-17/h5-9,11-12,17-18,20H,1,10H2,2-4H3. The maximum absolute atomic E-state index is 3.97. The van der Waals surface area contributed by atoms with Gasteiger partial charge in [0.25, 0.3) is 0 Å². The lowest BCUT2D eigenvalue weighted by molar-refractivity contribution is 0.322. The summed E-state index contributed by atoms with van der Waals surface area (Å²) < 4.78 is 0. The Bertz CT molecular complexity index is 608. The van der Waals surface area contributed by atoms with E-state index in [0.29, 0.717) is 12.1 Å². The van der Waals surface area contributed by atoms with Crippen LogP contribution in [0, 0.1) is 6.92 Å². The van der Waals surface area contributed by atoms with Crippen molar-refractivity contribution in [1.29, 1.82) is 0 Å². The summed E-state index contributed by atoms with van der Waals surface area (Å²) in [6.45, 7) is 10.7. The van der Waals surface area contributed by atoms with Crippen LogP contribution in [0.1, 0.15) is 43.0 Å². The topological polar surface area (TPSA) is 12.0 Å². The number of aryl methyl sites for hydroxylation is 1. The van der Waals surface area contributed by atoms with Crippen LogP contribution in [0.5, 0.6) is 0 Å². The second-order valence-electron chi connectivity index (χ2n) is 6.39. The summed E-state index contributed by atoms with van der Waals surface area (Å²) in [5.41, 5.74) is 5.63. The largest absolute Gasteiger partial charge is 0.299 e. The summed E-state index contributed by atoms with van der Waals surface area (Å²) in [5.74, 6) is 0. The Morgan fingerprint density at radius 1 is 1.35 bits per heavy atom. The second-order valence-corrected chi connectivity index (χ2v) is 6.39. The Morgan fingerprint density at radius 2 is 2.15 bits per heavy atom. The van der Waals surface area contributed by atoms with Gasteiger partial charge in [-0.05, 0) is 31.4 Å². The van der Waals surface area contributed by atoms with Gasteiger partial charge in [0, 0.05) is 11.5 Å². The van der Waals surface area contributed by atoms with Crippen LogP contribution in [0.15, 0.2) is 54.7 Å². The monoisotopic (exact) mass is 265 g/mol. The Labute approximate surface area is 122 Å². The van der Waals surface area contributed by atoms with E-state index < -0.39 is 0 Å². The van der Waals surface area contributed by atoms with Crippen LogP contribution in [0.25, 0.3) is 0 Å². The van der Waals surface area contributed by atoms with Crippen molar-refractivity contribution in [3.63, 3.8) is 0 Å². The van der Waals surface area contributed by atoms with E-state index in [-0.39, 0.29) is 5.41 Å². The fraction of sp³-hybridized carbons (Fsp3) is 0.368. The van der Waals surface area contributed by atoms with Crippen LogP contribution in [0.3, 0.4) is 0 Å². The first kappa shape index (κ1) is 13.4. The lowest BCUT2D eigenvalue weighted by Crippen LogP contribution is -2.50. The number of allylic oxidation sites excluding steroid dienone is 3. The minimum absolute atomic E-state index is 0.0796. The van der Waals surface area contributed by atoms with Gasteiger partial charge in [-0.3, -0.25) is 5.32 Å². The van der Waals surface area contributed by atoms with E-state index in [1.807, 2.05) is 6.08 Å².